The number of β-amino-alcohol motifs (C(OH)–C–C–N with tert-alkyl or cyclic N) is 1. The van der Waals surface area contributed by atoms with Gasteiger partial charge < -0.3 is 10.0 Å². The Labute approximate surface area is 161 Å². The van der Waals surface area contributed by atoms with Crippen molar-refractivity contribution in [2.45, 2.75) is 37.8 Å². The first kappa shape index (κ1) is 18.2. The second-order valence-electron chi connectivity index (χ2n) is 8.07. The summed E-state index contributed by atoms with van der Waals surface area (Å²) < 4.78 is 0. The number of benzene rings is 2. The highest BCUT2D eigenvalue weighted by Gasteiger charge is 2.53. The number of amides is 1. The number of carbonyl (C=O) groups excluding carboxylic acids is 1. The summed E-state index contributed by atoms with van der Waals surface area (Å²) in [5.41, 5.74) is 3.21. The van der Waals surface area contributed by atoms with Crippen molar-refractivity contribution in [2.75, 3.05) is 26.2 Å². The number of nitrogens with zero attached hydrogens (tertiary/aromatic N) is 2. The summed E-state index contributed by atoms with van der Waals surface area (Å²) in [6.45, 7) is 5.38. The Balaban J connectivity index is 1.45. The Morgan fingerprint density at radius 1 is 1.04 bits per heavy atom. The van der Waals surface area contributed by atoms with E-state index in [9.17, 15) is 9.90 Å². The Bertz CT molecular complexity index is 784. The fourth-order valence-corrected chi connectivity index (χ4v) is 4.15. The Morgan fingerprint density at radius 2 is 1.74 bits per heavy atom. The smallest absolute Gasteiger partial charge is 0.233 e. The molecule has 1 unspecified atom stereocenters. The molecule has 1 aliphatic heterocycles. The molecule has 4 heteroatoms. The zero-order valence-electron chi connectivity index (χ0n) is 16.0. The van der Waals surface area contributed by atoms with E-state index in [2.05, 4.69) is 48.2 Å². The second-order valence-corrected chi connectivity index (χ2v) is 8.07. The summed E-state index contributed by atoms with van der Waals surface area (Å²) in [7, 11) is 0. The largest absolute Gasteiger partial charge is 0.390 e. The fraction of sp³-hybridized carbons (Fsp3) is 0.435. The van der Waals surface area contributed by atoms with Crippen LogP contribution in [0.2, 0.25) is 0 Å². The van der Waals surface area contributed by atoms with Crippen LogP contribution >= 0.6 is 0 Å². The molecule has 4 nitrogen and oxygen atoms in total. The predicted molar refractivity (Wildman–Crippen MR) is 106 cm³/mol. The van der Waals surface area contributed by atoms with Gasteiger partial charge in [-0.2, -0.15) is 0 Å². The number of aliphatic hydroxyl groups excluding tert-OH is 1. The SMILES string of the molecule is Cc1ccc(C2(C(=O)N3CCN(Cc4ccccc4)CC(O)C3)CC2)cc1. The molecule has 1 aliphatic carbocycles. The standard InChI is InChI=1S/C23H28N2O2/c1-18-7-9-20(10-8-18)23(11-12-23)22(27)25-14-13-24(16-21(26)17-25)15-19-5-3-2-4-6-19/h2-10,21,26H,11-17H2,1H3. The van der Waals surface area contributed by atoms with Crippen molar-refractivity contribution < 1.29 is 9.90 Å². The molecule has 1 amide bonds. The van der Waals surface area contributed by atoms with Gasteiger partial charge in [0.25, 0.3) is 0 Å². The van der Waals surface area contributed by atoms with Crippen LogP contribution in [-0.4, -0.2) is 53.1 Å². The lowest BCUT2D eigenvalue weighted by Crippen LogP contribution is -2.43. The maximum atomic E-state index is 13.3. The van der Waals surface area contributed by atoms with E-state index < -0.39 is 6.10 Å². The summed E-state index contributed by atoms with van der Waals surface area (Å²) in [6, 6.07) is 18.7. The summed E-state index contributed by atoms with van der Waals surface area (Å²) in [5.74, 6) is 0.187. The van der Waals surface area contributed by atoms with E-state index in [1.807, 2.05) is 23.1 Å². The molecule has 4 rings (SSSR count). The number of aryl methyl sites for hydroxylation is 1. The monoisotopic (exact) mass is 364 g/mol. The van der Waals surface area contributed by atoms with Gasteiger partial charge in [-0.1, -0.05) is 60.2 Å². The molecule has 0 aromatic heterocycles. The maximum absolute atomic E-state index is 13.3. The molecule has 0 bridgehead atoms. The van der Waals surface area contributed by atoms with Crippen LogP contribution < -0.4 is 0 Å². The highest BCUT2D eigenvalue weighted by Crippen LogP contribution is 2.49. The molecular weight excluding hydrogens is 336 g/mol. The van der Waals surface area contributed by atoms with E-state index in [0.717, 1.165) is 31.5 Å². The number of rotatable bonds is 4. The molecule has 2 aliphatic rings. The van der Waals surface area contributed by atoms with Crippen molar-refractivity contribution in [3.05, 3.63) is 71.3 Å². The van der Waals surface area contributed by atoms with Crippen LogP contribution in [0.25, 0.3) is 0 Å². The second kappa shape index (κ2) is 7.45. The first-order valence-electron chi connectivity index (χ1n) is 9.88. The minimum Gasteiger partial charge on any atom is -0.390 e. The van der Waals surface area contributed by atoms with Gasteiger partial charge in [-0.15, -0.1) is 0 Å². The third-order valence-corrected chi connectivity index (χ3v) is 5.89. The average Bonchev–Trinajstić information content (AvgIpc) is 3.48. The Morgan fingerprint density at radius 3 is 2.41 bits per heavy atom. The van der Waals surface area contributed by atoms with Crippen molar-refractivity contribution >= 4 is 5.91 Å². The first-order chi connectivity index (χ1) is 13.1. The van der Waals surface area contributed by atoms with Gasteiger partial charge in [0, 0.05) is 32.7 Å². The zero-order valence-corrected chi connectivity index (χ0v) is 16.0. The van der Waals surface area contributed by atoms with Gasteiger partial charge in [-0.25, -0.2) is 0 Å². The van der Waals surface area contributed by atoms with Gasteiger partial charge in [0.1, 0.15) is 0 Å². The van der Waals surface area contributed by atoms with E-state index in [0.29, 0.717) is 19.6 Å². The number of hydrogen-bond donors (Lipinski definition) is 1. The first-order valence-corrected chi connectivity index (χ1v) is 9.88. The van der Waals surface area contributed by atoms with Gasteiger partial charge in [-0.05, 0) is 30.9 Å². The molecule has 142 valence electrons. The van der Waals surface area contributed by atoms with Crippen LogP contribution in [0.3, 0.4) is 0 Å². The van der Waals surface area contributed by atoms with Crippen LogP contribution in [-0.2, 0) is 16.8 Å². The van der Waals surface area contributed by atoms with E-state index in [1.54, 1.807) is 0 Å². The summed E-state index contributed by atoms with van der Waals surface area (Å²) in [5, 5.41) is 10.5. The van der Waals surface area contributed by atoms with Crippen LogP contribution in [0.5, 0.6) is 0 Å². The molecule has 0 radical (unpaired) electrons. The summed E-state index contributed by atoms with van der Waals surface area (Å²) in [4.78, 5) is 17.5. The maximum Gasteiger partial charge on any atom is 0.233 e. The predicted octanol–water partition coefficient (Wildman–Crippen LogP) is 2.73. The third-order valence-electron chi connectivity index (χ3n) is 5.89. The van der Waals surface area contributed by atoms with Crippen molar-refractivity contribution in [2.24, 2.45) is 0 Å². The fourth-order valence-electron chi connectivity index (χ4n) is 4.15. The van der Waals surface area contributed by atoms with Gasteiger partial charge in [0.15, 0.2) is 0 Å². The highest BCUT2D eigenvalue weighted by molar-refractivity contribution is 5.91. The molecule has 0 spiro atoms. The van der Waals surface area contributed by atoms with Gasteiger partial charge in [0.05, 0.1) is 11.5 Å². The van der Waals surface area contributed by atoms with Gasteiger partial charge >= 0.3 is 0 Å². The molecule has 1 heterocycles. The van der Waals surface area contributed by atoms with E-state index in [4.69, 9.17) is 0 Å². The normalized spacial score (nSPS) is 22.3. The molecule has 2 fully saturated rings. The number of carbonyl (C=O) groups is 1. The lowest BCUT2D eigenvalue weighted by atomic mass is 9.93. The minimum absolute atomic E-state index is 0.187. The van der Waals surface area contributed by atoms with Crippen molar-refractivity contribution in [3.63, 3.8) is 0 Å². The topological polar surface area (TPSA) is 43.8 Å². The Kier molecular flexibility index (Phi) is 5.02. The molecule has 1 N–H and O–H groups in total. The quantitative estimate of drug-likeness (QED) is 0.907. The van der Waals surface area contributed by atoms with Crippen LogP contribution in [0.1, 0.15) is 29.5 Å². The molecular formula is C23H28N2O2. The van der Waals surface area contributed by atoms with E-state index >= 15 is 0 Å². The summed E-state index contributed by atoms with van der Waals surface area (Å²) >= 11 is 0. The summed E-state index contributed by atoms with van der Waals surface area (Å²) in [6.07, 6.45) is 1.32. The van der Waals surface area contributed by atoms with Crippen LogP contribution in [0, 0.1) is 6.92 Å². The molecule has 2 aromatic carbocycles. The lowest BCUT2D eigenvalue weighted by molar-refractivity contribution is -0.134. The molecule has 1 saturated carbocycles. The van der Waals surface area contributed by atoms with E-state index in [1.165, 1.54) is 11.1 Å². The lowest BCUT2D eigenvalue weighted by Gasteiger charge is -2.27. The highest BCUT2D eigenvalue weighted by atomic mass is 16.3. The third kappa shape index (κ3) is 3.92. The average molecular weight is 364 g/mol. The zero-order chi connectivity index (χ0) is 18.9. The Hall–Kier alpha value is -2.17. The number of hydrogen-bond acceptors (Lipinski definition) is 3. The molecule has 1 atom stereocenters. The van der Waals surface area contributed by atoms with Crippen LogP contribution in [0.4, 0.5) is 0 Å². The van der Waals surface area contributed by atoms with Crippen molar-refractivity contribution in [3.8, 4) is 0 Å². The molecule has 27 heavy (non-hydrogen) atoms. The van der Waals surface area contributed by atoms with Crippen molar-refractivity contribution in [1.82, 2.24) is 9.80 Å². The van der Waals surface area contributed by atoms with Crippen LogP contribution in [0.15, 0.2) is 54.6 Å². The van der Waals surface area contributed by atoms with Gasteiger partial charge in [-0.3, -0.25) is 9.69 Å². The van der Waals surface area contributed by atoms with Gasteiger partial charge in [0.2, 0.25) is 5.91 Å². The van der Waals surface area contributed by atoms with Crippen molar-refractivity contribution in [1.29, 1.82) is 0 Å². The number of aliphatic hydroxyl groups is 1. The van der Waals surface area contributed by atoms with E-state index in [-0.39, 0.29) is 11.3 Å². The molecule has 1 saturated heterocycles. The molecule has 2 aromatic rings. The minimum atomic E-state index is -0.506.